The second kappa shape index (κ2) is 9.51. The van der Waals surface area contributed by atoms with Crippen LogP contribution in [0.25, 0.3) is 21.5 Å². The van der Waals surface area contributed by atoms with Crippen LogP contribution in [0.15, 0.2) is 128 Å². The van der Waals surface area contributed by atoms with Gasteiger partial charge in [-0.3, -0.25) is 9.59 Å². The first-order chi connectivity index (χ1) is 18.2. The number of fused-ring (bicyclic) bond motifs is 2. The Labute approximate surface area is 213 Å². The van der Waals surface area contributed by atoms with Crippen molar-refractivity contribution in [2.45, 2.75) is 0 Å². The number of ketones is 2. The largest absolute Gasteiger partial charge is 0.437 e. The predicted octanol–water partition coefficient (Wildman–Crippen LogP) is 7.64. The Balaban J connectivity index is 1.54. The number of hydrogen-bond donors (Lipinski definition) is 0. The van der Waals surface area contributed by atoms with Gasteiger partial charge >= 0.3 is 0 Å². The summed E-state index contributed by atoms with van der Waals surface area (Å²) >= 11 is 0. The molecule has 0 aliphatic carbocycles. The summed E-state index contributed by atoms with van der Waals surface area (Å²) in [5.74, 6) is 0.0373. The number of hydrogen-bond acceptors (Lipinski definition) is 4. The number of rotatable bonds is 6. The van der Waals surface area contributed by atoms with E-state index in [1.807, 2.05) is 72.8 Å². The standard InChI is InChI=1S/C33H21NO3/c35-31(26-16-7-12-22-10-1-3-14-24(22)26)28-18-9-19-29(33(28)37-30-20-5-6-21-34-30)32(36)27-17-8-13-23-11-2-4-15-25(23)27/h1-21H. The van der Waals surface area contributed by atoms with Gasteiger partial charge < -0.3 is 4.74 Å². The minimum atomic E-state index is -0.227. The van der Waals surface area contributed by atoms with Crippen LogP contribution in [-0.2, 0) is 0 Å². The van der Waals surface area contributed by atoms with E-state index in [-0.39, 0.29) is 17.3 Å². The Morgan fingerprint density at radius 1 is 0.486 bits per heavy atom. The van der Waals surface area contributed by atoms with E-state index < -0.39 is 0 Å². The average Bonchev–Trinajstić information content (AvgIpc) is 2.96. The summed E-state index contributed by atoms with van der Waals surface area (Å²) in [7, 11) is 0. The number of benzene rings is 5. The van der Waals surface area contributed by atoms with Gasteiger partial charge in [0.15, 0.2) is 17.3 Å². The maximum Gasteiger partial charge on any atom is 0.219 e. The van der Waals surface area contributed by atoms with E-state index in [2.05, 4.69) is 4.98 Å². The summed E-state index contributed by atoms with van der Waals surface area (Å²) in [6.07, 6.45) is 1.61. The molecule has 1 aromatic heterocycles. The molecule has 0 N–H and O–H groups in total. The molecule has 4 heteroatoms. The van der Waals surface area contributed by atoms with Crippen LogP contribution in [-0.4, -0.2) is 16.6 Å². The van der Waals surface area contributed by atoms with Gasteiger partial charge in [-0.05, 0) is 39.7 Å². The molecule has 4 nitrogen and oxygen atoms in total. The number of nitrogens with zero attached hydrogens (tertiary/aromatic N) is 1. The van der Waals surface area contributed by atoms with Crippen LogP contribution in [0.5, 0.6) is 11.6 Å². The molecule has 0 atom stereocenters. The van der Waals surface area contributed by atoms with Crippen LogP contribution in [0.1, 0.15) is 31.8 Å². The van der Waals surface area contributed by atoms with Crippen LogP contribution in [0.3, 0.4) is 0 Å². The lowest BCUT2D eigenvalue weighted by Crippen LogP contribution is -2.10. The van der Waals surface area contributed by atoms with E-state index in [1.165, 1.54) is 0 Å². The molecule has 0 aliphatic heterocycles. The molecule has 0 unspecified atom stereocenters. The van der Waals surface area contributed by atoms with Crippen LogP contribution >= 0.6 is 0 Å². The van der Waals surface area contributed by atoms with Crippen LogP contribution < -0.4 is 4.74 Å². The molecular weight excluding hydrogens is 458 g/mol. The van der Waals surface area contributed by atoms with Crippen molar-refractivity contribution in [1.82, 2.24) is 4.98 Å². The Morgan fingerprint density at radius 3 is 1.49 bits per heavy atom. The Kier molecular flexibility index (Phi) is 5.75. The molecule has 0 saturated heterocycles. The van der Waals surface area contributed by atoms with Crippen molar-refractivity contribution < 1.29 is 14.3 Å². The number of ether oxygens (including phenoxy) is 1. The third kappa shape index (κ3) is 4.15. The minimum Gasteiger partial charge on any atom is -0.437 e. The van der Waals surface area contributed by atoms with Crippen LogP contribution in [0.2, 0.25) is 0 Å². The van der Waals surface area contributed by atoms with Crippen molar-refractivity contribution in [1.29, 1.82) is 0 Å². The van der Waals surface area contributed by atoms with Crippen molar-refractivity contribution in [3.05, 3.63) is 150 Å². The molecule has 0 radical (unpaired) electrons. The number of carbonyl (C=O) groups is 2. The molecule has 0 saturated carbocycles. The third-order valence-corrected chi connectivity index (χ3v) is 6.42. The lowest BCUT2D eigenvalue weighted by Gasteiger charge is -2.15. The molecule has 1 heterocycles. The molecule has 5 aromatic carbocycles. The van der Waals surface area contributed by atoms with E-state index in [1.54, 1.807) is 54.7 Å². The normalized spacial score (nSPS) is 10.9. The molecule has 0 amide bonds. The van der Waals surface area contributed by atoms with Gasteiger partial charge in [0.2, 0.25) is 5.88 Å². The molecule has 0 fully saturated rings. The first-order valence-corrected chi connectivity index (χ1v) is 12.0. The zero-order valence-corrected chi connectivity index (χ0v) is 19.8. The molecule has 176 valence electrons. The summed E-state index contributed by atoms with van der Waals surface area (Å²) in [6.45, 7) is 0. The quantitative estimate of drug-likeness (QED) is 0.230. The lowest BCUT2D eigenvalue weighted by atomic mass is 9.92. The summed E-state index contributed by atoms with van der Waals surface area (Å²) in [5.41, 5.74) is 1.68. The summed E-state index contributed by atoms with van der Waals surface area (Å²) in [5, 5.41) is 3.60. The molecular formula is C33H21NO3. The molecule has 6 rings (SSSR count). The van der Waals surface area contributed by atoms with E-state index >= 15 is 0 Å². The number of carbonyl (C=O) groups excluding carboxylic acids is 2. The fourth-order valence-corrected chi connectivity index (χ4v) is 4.65. The van der Waals surface area contributed by atoms with Crippen LogP contribution in [0.4, 0.5) is 0 Å². The smallest absolute Gasteiger partial charge is 0.219 e. The van der Waals surface area contributed by atoms with Crippen molar-refractivity contribution >= 4 is 33.1 Å². The topological polar surface area (TPSA) is 56.3 Å². The molecule has 0 spiro atoms. The van der Waals surface area contributed by atoms with Crippen molar-refractivity contribution in [2.24, 2.45) is 0 Å². The fraction of sp³-hybridized carbons (Fsp3) is 0. The first kappa shape index (κ1) is 22.4. The minimum absolute atomic E-state index is 0.192. The van der Waals surface area contributed by atoms with Gasteiger partial charge in [-0.1, -0.05) is 97.1 Å². The highest BCUT2D eigenvalue weighted by Crippen LogP contribution is 2.34. The predicted molar refractivity (Wildman–Crippen MR) is 146 cm³/mol. The van der Waals surface area contributed by atoms with E-state index in [0.29, 0.717) is 28.1 Å². The average molecular weight is 480 g/mol. The third-order valence-electron chi connectivity index (χ3n) is 6.42. The highest BCUT2D eigenvalue weighted by molar-refractivity contribution is 6.22. The van der Waals surface area contributed by atoms with Gasteiger partial charge in [-0.15, -0.1) is 0 Å². The van der Waals surface area contributed by atoms with Gasteiger partial charge in [0.25, 0.3) is 0 Å². The molecule has 6 aromatic rings. The highest BCUT2D eigenvalue weighted by Gasteiger charge is 2.25. The number of aromatic nitrogens is 1. The fourth-order valence-electron chi connectivity index (χ4n) is 4.65. The van der Waals surface area contributed by atoms with Gasteiger partial charge in [0.05, 0.1) is 11.1 Å². The monoisotopic (exact) mass is 479 g/mol. The van der Waals surface area contributed by atoms with Gasteiger partial charge in [0.1, 0.15) is 0 Å². The maximum absolute atomic E-state index is 14.0. The Hall–Kier alpha value is -5.09. The first-order valence-electron chi connectivity index (χ1n) is 12.0. The SMILES string of the molecule is O=C(c1cccc(C(=O)c2cccc3ccccc23)c1Oc1ccccn1)c1cccc2ccccc12. The Bertz CT molecular complexity index is 1670. The highest BCUT2D eigenvalue weighted by atomic mass is 16.5. The second-order valence-electron chi connectivity index (χ2n) is 8.66. The van der Waals surface area contributed by atoms with Crippen LogP contribution in [0, 0.1) is 0 Å². The molecule has 0 bridgehead atoms. The van der Waals surface area contributed by atoms with E-state index in [4.69, 9.17) is 4.74 Å². The zero-order chi connectivity index (χ0) is 25.2. The lowest BCUT2D eigenvalue weighted by molar-refractivity contribution is 0.103. The maximum atomic E-state index is 14.0. The summed E-state index contributed by atoms with van der Waals surface area (Å²) in [4.78, 5) is 32.2. The molecule has 0 aliphatic rings. The number of pyridine rings is 1. The Morgan fingerprint density at radius 2 is 0.946 bits per heavy atom. The summed E-state index contributed by atoms with van der Waals surface area (Å²) < 4.78 is 6.20. The zero-order valence-electron chi connectivity index (χ0n) is 19.8. The van der Waals surface area contributed by atoms with Gasteiger partial charge in [-0.25, -0.2) is 4.98 Å². The van der Waals surface area contributed by atoms with Gasteiger partial charge in [0, 0.05) is 23.4 Å². The van der Waals surface area contributed by atoms with E-state index in [0.717, 1.165) is 21.5 Å². The number of para-hydroxylation sites is 1. The molecule has 37 heavy (non-hydrogen) atoms. The van der Waals surface area contributed by atoms with Crippen molar-refractivity contribution in [3.63, 3.8) is 0 Å². The van der Waals surface area contributed by atoms with Crippen molar-refractivity contribution in [2.75, 3.05) is 0 Å². The second-order valence-corrected chi connectivity index (χ2v) is 8.66. The van der Waals surface area contributed by atoms with Gasteiger partial charge in [-0.2, -0.15) is 0 Å². The van der Waals surface area contributed by atoms with Crippen molar-refractivity contribution in [3.8, 4) is 11.6 Å². The summed E-state index contributed by atoms with van der Waals surface area (Å²) in [6, 6.07) is 37.1. The van der Waals surface area contributed by atoms with E-state index in [9.17, 15) is 9.59 Å².